The van der Waals surface area contributed by atoms with Gasteiger partial charge >= 0.3 is 0 Å². The van der Waals surface area contributed by atoms with Crippen molar-refractivity contribution in [1.82, 2.24) is 4.90 Å². The highest BCUT2D eigenvalue weighted by molar-refractivity contribution is 9.10. The van der Waals surface area contributed by atoms with Crippen LogP contribution in [0.25, 0.3) is 5.76 Å². The van der Waals surface area contributed by atoms with Crippen molar-refractivity contribution < 1.29 is 19.1 Å². The van der Waals surface area contributed by atoms with E-state index in [1.54, 1.807) is 30.3 Å². The number of thiophene rings is 1. The van der Waals surface area contributed by atoms with Crippen LogP contribution in [-0.4, -0.2) is 21.7 Å². The molecule has 0 bridgehead atoms. The van der Waals surface area contributed by atoms with Crippen LogP contribution in [0.15, 0.2) is 70.0 Å². The molecule has 152 valence electrons. The Morgan fingerprint density at radius 1 is 1.17 bits per heavy atom. The first-order valence-corrected chi connectivity index (χ1v) is 10.9. The van der Waals surface area contributed by atoms with Crippen LogP contribution in [0.1, 0.15) is 27.6 Å². The first-order valence-electron chi connectivity index (χ1n) is 9.19. The summed E-state index contributed by atoms with van der Waals surface area (Å²) in [6, 6.07) is 14.0. The minimum absolute atomic E-state index is 0.0614. The maximum atomic E-state index is 13.3. The number of nitrogens with zero attached hydrogens (tertiary/aromatic N) is 1. The van der Waals surface area contributed by atoms with Crippen molar-refractivity contribution in [3.8, 4) is 0 Å². The normalized spacial score (nSPS) is 18.2. The van der Waals surface area contributed by atoms with Crippen molar-refractivity contribution in [2.45, 2.75) is 19.5 Å². The van der Waals surface area contributed by atoms with Gasteiger partial charge in [-0.15, -0.1) is 11.3 Å². The van der Waals surface area contributed by atoms with Crippen LogP contribution in [0.4, 0.5) is 4.39 Å². The lowest BCUT2D eigenvalue weighted by Crippen LogP contribution is -2.28. The number of aryl methyl sites for hydroxylation is 1. The lowest BCUT2D eigenvalue weighted by molar-refractivity contribution is -0.140. The summed E-state index contributed by atoms with van der Waals surface area (Å²) in [4.78, 5) is 28.1. The maximum absolute atomic E-state index is 13.3. The van der Waals surface area contributed by atoms with Gasteiger partial charge in [-0.3, -0.25) is 9.59 Å². The van der Waals surface area contributed by atoms with E-state index >= 15 is 0 Å². The lowest BCUT2D eigenvalue weighted by Gasteiger charge is -2.24. The molecular formula is C23H17BrFNO3S. The fourth-order valence-corrected chi connectivity index (χ4v) is 4.61. The molecule has 0 aliphatic carbocycles. The molecular weight excluding hydrogens is 469 g/mol. The number of likely N-dealkylation sites (tertiary alicyclic amines) is 1. The highest BCUT2D eigenvalue weighted by atomic mass is 79.9. The number of halogens is 2. The second-order valence-electron chi connectivity index (χ2n) is 7.03. The number of aliphatic hydroxyl groups is 1. The quantitative estimate of drug-likeness (QED) is 0.298. The van der Waals surface area contributed by atoms with E-state index in [9.17, 15) is 19.1 Å². The van der Waals surface area contributed by atoms with Crippen molar-refractivity contribution in [1.29, 1.82) is 0 Å². The van der Waals surface area contributed by atoms with E-state index in [4.69, 9.17) is 0 Å². The van der Waals surface area contributed by atoms with Crippen LogP contribution in [0.3, 0.4) is 0 Å². The zero-order chi connectivity index (χ0) is 21.4. The third-order valence-corrected chi connectivity index (χ3v) is 6.86. The Hall–Kier alpha value is -2.77. The summed E-state index contributed by atoms with van der Waals surface area (Å²) in [6.45, 7) is 2.01. The molecule has 2 heterocycles. The fraction of sp³-hybridized carbons (Fsp3) is 0.130. The van der Waals surface area contributed by atoms with Crippen molar-refractivity contribution >= 4 is 44.7 Å². The standard InChI is InChI=1S/C23H17BrFNO3S/c1-13-11-15(6-9-17(13)24)21(27)19-20(18-3-2-10-30-18)26(23(29)22(19)28)12-14-4-7-16(25)8-5-14/h2-11,20,27H,12H2,1H3/b21-19-. The molecule has 1 atom stereocenters. The zero-order valence-electron chi connectivity index (χ0n) is 15.9. The molecule has 1 saturated heterocycles. The maximum Gasteiger partial charge on any atom is 0.295 e. The van der Waals surface area contributed by atoms with Gasteiger partial charge in [0.2, 0.25) is 0 Å². The first-order chi connectivity index (χ1) is 14.4. The van der Waals surface area contributed by atoms with Crippen LogP contribution in [0.2, 0.25) is 0 Å². The second kappa shape index (κ2) is 8.16. The molecule has 4 rings (SSSR count). The Labute approximate surface area is 185 Å². The predicted octanol–water partition coefficient (Wildman–Crippen LogP) is 5.58. The SMILES string of the molecule is Cc1cc(/C(O)=C2/C(=O)C(=O)N(Cc3ccc(F)cc3)C2c2cccs2)ccc1Br. The molecule has 0 radical (unpaired) electrons. The molecule has 1 aromatic heterocycles. The van der Waals surface area contributed by atoms with Crippen LogP contribution < -0.4 is 0 Å². The summed E-state index contributed by atoms with van der Waals surface area (Å²) >= 11 is 4.83. The van der Waals surface area contributed by atoms with Crippen molar-refractivity contribution in [2.24, 2.45) is 0 Å². The predicted molar refractivity (Wildman–Crippen MR) is 117 cm³/mol. The van der Waals surface area contributed by atoms with Gasteiger partial charge < -0.3 is 10.0 Å². The van der Waals surface area contributed by atoms with Gasteiger partial charge in [-0.05, 0) is 53.8 Å². The molecule has 1 amide bonds. The number of rotatable bonds is 4. The molecule has 0 spiro atoms. The summed E-state index contributed by atoms with van der Waals surface area (Å²) < 4.78 is 14.2. The molecule has 1 aliphatic rings. The summed E-state index contributed by atoms with van der Waals surface area (Å²) in [5, 5.41) is 12.9. The lowest BCUT2D eigenvalue weighted by atomic mass is 9.99. The van der Waals surface area contributed by atoms with Crippen LogP contribution >= 0.6 is 27.3 Å². The monoisotopic (exact) mass is 485 g/mol. The third kappa shape index (κ3) is 3.70. The van der Waals surface area contributed by atoms with E-state index in [-0.39, 0.29) is 23.7 Å². The highest BCUT2D eigenvalue weighted by Gasteiger charge is 2.46. The van der Waals surface area contributed by atoms with Gasteiger partial charge in [0.05, 0.1) is 11.6 Å². The van der Waals surface area contributed by atoms with Gasteiger partial charge in [0, 0.05) is 21.5 Å². The van der Waals surface area contributed by atoms with Gasteiger partial charge in [-0.1, -0.05) is 40.2 Å². The Morgan fingerprint density at radius 2 is 1.90 bits per heavy atom. The Kier molecular flexibility index (Phi) is 5.58. The molecule has 3 aromatic rings. The van der Waals surface area contributed by atoms with Gasteiger partial charge in [-0.25, -0.2) is 4.39 Å². The average Bonchev–Trinajstić information content (AvgIpc) is 3.34. The summed E-state index contributed by atoms with van der Waals surface area (Å²) in [7, 11) is 0. The van der Waals surface area contributed by atoms with Gasteiger partial charge in [-0.2, -0.15) is 0 Å². The average molecular weight is 486 g/mol. The number of Topliss-reactive ketones (excluding diaryl/α,β-unsaturated/α-hetero) is 1. The van der Waals surface area contributed by atoms with E-state index in [1.807, 2.05) is 24.4 Å². The Bertz CT molecular complexity index is 1160. The molecule has 1 unspecified atom stereocenters. The Balaban J connectivity index is 1.82. The topological polar surface area (TPSA) is 57.6 Å². The van der Waals surface area contributed by atoms with Crippen molar-refractivity contribution in [3.05, 3.63) is 97.4 Å². The number of hydrogen-bond acceptors (Lipinski definition) is 4. The largest absolute Gasteiger partial charge is 0.507 e. The highest BCUT2D eigenvalue weighted by Crippen LogP contribution is 2.42. The molecule has 30 heavy (non-hydrogen) atoms. The van der Waals surface area contributed by atoms with Gasteiger partial charge in [0.15, 0.2) is 0 Å². The van der Waals surface area contributed by atoms with Gasteiger partial charge in [0.25, 0.3) is 11.7 Å². The number of carbonyl (C=O) groups is 2. The molecule has 1 fully saturated rings. The molecule has 0 saturated carbocycles. The number of benzene rings is 2. The van der Waals surface area contributed by atoms with Crippen molar-refractivity contribution in [3.63, 3.8) is 0 Å². The van der Waals surface area contributed by atoms with Crippen LogP contribution in [0, 0.1) is 12.7 Å². The van der Waals surface area contributed by atoms with E-state index < -0.39 is 17.7 Å². The molecule has 4 nitrogen and oxygen atoms in total. The summed E-state index contributed by atoms with van der Waals surface area (Å²) in [6.07, 6.45) is 0. The number of amides is 1. The number of carbonyl (C=O) groups excluding carboxylic acids is 2. The molecule has 7 heteroatoms. The molecule has 1 aliphatic heterocycles. The third-order valence-electron chi connectivity index (χ3n) is 5.05. The minimum Gasteiger partial charge on any atom is -0.507 e. The van der Waals surface area contributed by atoms with E-state index in [2.05, 4.69) is 15.9 Å². The van der Waals surface area contributed by atoms with E-state index in [0.717, 1.165) is 14.9 Å². The first kappa shape index (κ1) is 20.5. The molecule has 2 aromatic carbocycles. The number of aliphatic hydroxyl groups excluding tert-OH is 1. The molecule has 1 N–H and O–H groups in total. The zero-order valence-corrected chi connectivity index (χ0v) is 18.3. The Morgan fingerprint density at radius 3 is 2.53 bits per heavy atom. The number of hydrogen-bond donors (Lipinski definition) is 1. The van der Waals surface area contributed by atoms with E-state index in [1.165, 1.54) is 28.4 Å². The van der Waals surface area contributed by atoms with Gasteiger partial charge in [0.1, 0.15) is 11.6 Å². The second-order valence-corrected chi connectivity index (χ2v) is 8.87. The van der Waals surface area contributed by atoms with Crippen LogP contribution in [0.5, 0.6) is 0 Å². The minimum atomic E-state index is -0.728. The number of ketones is 1. The smallest absolute Gasteiger partial charge is 0.295 e. The van der Waals surface area contributed by atoms with E-state index in [0.29, 0.717) is 11.1 Å². The fourth-order valence-electron chi connectivity index (χ4n) is 3.52. The van der Waals surface area contributed by atoms with Crippen LogP contribution in [-0.2, 0) is 16.1 Å². The summed E-state index contributed by atoms with van der Waals surface area (Å²) in [5.74, 6) is -1.99. The van der Waals surface area contributed by atoms with Crippen molar-refractivity contribution in [2.75, 3.05) is 0 Å². The summed E-state index contributed by atoms with van der Waals surface area (Å²) in [5.41, 5.74) is 2.12.